The molecule has 0 rings (SSSR count). The van der Waals surface area contributed by atoms with Crippen molar-refractivity contribution in [1.82, 2.24) is 0 Å². The van der Waals surface area contributed by atoms with Crippen LogP contribution >= 0.6 is 22.6 Å². The van der Waals surface area contributed by atoms with Crippen LogP contribution in [0.4, 0.5) is 0 Å². The normalized spacial score (nSPS) is 12.2. The molecular formula is C7H11IO2. The second kappa shape index (κ2) is 5.70. The van der Waals surface area contributed by atoms with E-state index in [0.29, 0.717) is 0 Å². The molecule has 10 heavy (non-hydrogen) atoms. The van der Waals surface area contributed by atoms with Gasteiger partial charge in [0.15, 0.2) is 4.11 Å². The lowest BCUT2D eigenvalue weighted by atomic mass is 10.4. The number of alkyl halides is 1. The van der Waals surface area contributed by atoms with Gasteiger partial charge in [-0.25, -0.2) is 4.79 Å². The van der Waals surface area contributed by atoms with Gasteiger partial charge in [-0.05, 0) is 29.0 Å². The molecule has 0 bridgehead atoms. The van der Waals surface area contributed by atoms with Crippen LogP contribution in [0.25, 0.3) is 0 Å². The molecular weight excluding hydrogens is 243 g/mol. The Morgan fingerprint density at radius 1 is 1.90 bits per heavy atom. The number of carbonyl (C=O) groups excluding carboxylic acids is 1. The van der Waals surface area contributed by atoms with Gasteiger partial charge in [0, 0.05) is 6.08 Å². The fourth-order valence-corrected chi connectivity index (χ4v) is 1.33. The van der Waals surface area contributed by atoms with E-state index in [9.17, 15) is 4.79 Å². The van der Waals surface area contributed by atoms with Gasteiger partial charge in [-0.15, -0.1) is 0 Å². The summed E-state index contributed by atoms with van der Waals surface area (Å²) in [5, 5.41) is 0. The summed E-state index contributed by atoms with van der Waals surface area (Å²) in [4.78, 5) is 10.6. The number of rotatable bonds is 4. The number of hydrogen-bond acceptors (Lipinski definition) is 2. The number of hydrogen-bond donors (Lipinski definition) is 0. The van der Waals surface area contributed by atoms with Crippen molar-refractivity contribution in [2.75, 3.05) is 0 Å². The van der Waals surface area contributed by atoms with E-state index in [-0.39, 0.29) is 10.1 Å². The van der Waals surface area contributed by atoms with Gasteiger partial charge in [0.1, 0.15) is 0 Å². The lowest BCUT2D eigenvalue weighted by molar-refractivity contribution is -0.138. The van der Waals surface area contributed by atoms with E-state index in [2.05, 4.69) is 29.2 Å². The zero-order valence-electron chi connectivity index (χ0n) is 5.97. The lowest BCUT2D eigenvalue weighted by Gasteiger charge is -2.07. The molecule has 0 fully saturated rings. The Kier molecular flexibility index (Phi) is 5.67. The quantitative estimate of drug-likeness (QED) is 0.333. The largest absolute Gasteiger partial charge is 0.449 e. The number of esters is 1. The van der Waals surface area contributed by atoms with Crippen LogP contribution in [0.1, 0.15) is 19.8 Å². The molecule has 0 aromatic carbocycles. The van der Waals surface area contributed by atoms with Gasteiger partial charge in [-0.2, -0.15) is 0 Å². The molecule has 0 heterocycles. The standard InChI is InChI=1S/C7H11IO2/c1-3-5-6(8)10-7(9)4-2/h4,6H,2-3,5H2,1H3. The summed E-state index contributed by atoms with van der Waals surface area (Å²) in [6, 6.07) is 0. The number of carbonyl (C=O) groups is 1. The average molecular weight is 254 g/mol. The van der Waals surface area contributed by atoms with E-state index in [4.69, 9.17) is 4.74 Å². The predicted molar refractivity (Wildman–Crippen MR) is 49.0 cm³/mol. The maximum atomic E-state index is 10.6. The summed E-state index contributed by atoms with van der Waals surface area (Å²) in [5.41, 5.74) is 0. The van der Waals surface area contributed by atoms with E-state index >= 15 is 0 Å². The molecule has 0 aromatic heterocycles. The van der Waals surface area contributed by atoms with E-state index in [0.717, 1.165) is 12.8 Å². The summed E-state index contributed by atoms with van der Waals surface area (Å²) < 4.78 is 4.86. The van der Waals surface area contributed by atoms with Gasteiger partial charge >= 0.3 is 5.97 Å². The Morgan fingerprint density at radius 2 is 2.50 bits per heavy atom. The van der Waals surface area contributed by atoms with Crippen LogP contribution in [0.3, 0.4) is 0 Å². The minimum Gasteiger partial charge on any atom is -0.449 e. The molecule has 0 aliphatic rings. The molecule has 0 amide bonds. The number of ether oxygens (including phenoxy) is 1. The first kappa shape index (κ1) is 9.94. The van der Waals surface area contributed by atoms with Crippen LogP contribution in [-0.4, -0.2) is 10.1 Å². The summed E-state index contributed by atoms with van der Waals surface area (Å²) in [6.07, 6.45) is 3.11. The van der Waals surface area contributed by atoms with Gasteiger partial charge < -0.3 is 4.74 Å². The zero-order valence-corrected chi connectivity index (χ0v) is 8.13. The van der Waals surface area contributed by atoms with Crippen LogP contribution in [0.15, 0.2) is 12.7 Å². The smallest absolute Gasteiger partial charge is 0.331 e. The Morgan fingerprint density at radius 3 is 2.90 bits per heavy atom. The van der Waals surface area contributed by atoms with E-state index in [1.54, 1.807) is 0 Å². The molecule has 0 saturated carbocycles. The van der Waals surface area contributed by atoms with Crippen molar-refractivity contribution in [1.29, 1.82) is 0 Å². The molecule has 58 valence electrons. The molecule has 1 unspecified atom stereocenters. The Labute approximate surface area is 74.8 Å². The second-order valence-corrected chi connectivity index (χ2v) is 3.23. The highest BCUT2D eigenvalue weighted by Crippen LogP contribution is 2.09. The van der Waals surface area contributed by atoms with Gasteiger partial charge in [0.2, 0.25) is 0 Å². The highest BCUT2D eigenvalue weighted by Gasteiger charge is 2.05. The molecule has 0 radical (unpaired) electrons. The van der Waals surface area contributed by atoms with Crippen LogP contribution in [-0.2, 0) is 9.53 Å². The van der Waals surface area contributed by atoms with Crippen molar-refractivity contribution >= 4 is 28.6 Å². The highest BCUT2D eigenvalue weighted by atomic mass is 127. The van der Waals surface area contributed by atoms with Crippen LogP contribution < -0.4 is 0 Å². The van der Waals surface area contributed by atoms with Gasteiger partial charge in [0.25, 0.3) is 0 Å². The second-order valence-electron chi connectivity index (χ2n) is 1.84. The van der Waals surface area contributed by atoms with Crippen LogP contribution in [0, 0.1) is 0 Å². The molecule has 2 nitrogen and oxygen atoms in total. The number of halogens is 1. The molecule has 0 spiro atoms. The van der Waals surface area contributed by atoms with Crippen molar-refractivity contribution < 1.29 is 9.53 Å². The first-order valence-corrected chi connectivity index (χ1v) is 4.42. The third-order valence-electron chi connectivity index (χ3n) is 0.926. The summed E-state index contributed by atoms with van der Waals surface area (Å²) in [6.45, 7) is 5.34. The summed E-state index contributed by atoms with van der Waals surface area (Å²) in [5.74, 6) is -0.340. The fourth-order valence-electron chi connectivity index (χ4n) is 0.460. The molecule has 0 aliphatic heterocycles. The van der Waals surface area contributed by atoms with Crippen molar-refractivity contribution in [3.63, 3.8) is 0 Å². The van der Waals surface area contributed by atoms with E-state index in [1.165, 1.54) is 6.08 Å². The van der Waals surface area contributed by atoms with Crippen molar-refractivity contribution in [3.8, 4) is 0 Å². The van der Waals surface area contributed by atoms with Crippen molar-refractivity contribution in [2.45, 2.75) is 23.9 Å². The van der Waals surface area contributed by atoms with Crippen LogP contribution in [0.5, 0.6) is 0 Å². The first-order valence-electron chi connectivity index (χ1n) is 3.17. The molecule has 1 atom stereocenters. The minimum atomic E-state index is -0.340. The predicted octanol–water partition coefficient (Wildman–Crippen LogP) is 2.28. The van der Waals surface area contributed by atoms with Crippen molar-refractivity contribution in [2.24, 2.45) is 0 Å². The van der Waals surface area contributed by atoms with Crippen molar-refractivity contribution in [3.05, 3.63) is 12.7 Å². The average Bonchev–Trinajstić information content (AvgIpc) is 1.88. The lowest BCUT2D eigenvalue weighted by Crippen LogP contribution is -2.08. The van der Waals surface area contributed by atoms with E-state index in [1.807, 2.05) is 6.92 Å². The first-order chi connectivity index (χ1) is 4.70. The third-order valence-corrected chi connectivity index (χ3v) is 1.80. The van der Waals surface area contributed by atoms with Gasteiger partial charge in [0.05, 0.1) is 0 Å². The SMILES string of the molecule is C=CC(=O)OC(I)CCC. The summed E-state index contributed by atoms with van der Waals surface area (Å²) >= 11 is 2.09. The summed E-state index contributed by atoms with van der Waals surface area (Å²) in [7, 11) is 0. The van der Waals surface area contributed by atoms with Gasteiger partial charge in [-0.1, -0.05) is 19.9 Å². The monoisotopic (exact) mass is 254 g/mol. The molecule has 0 N–H and O–H groups in total. The minimum absolute atomic E-state index is 0.00639. The molecule has 0 saturated heterocycles. The van der Waals surface area contributed by atoms with E-state index < -0.39 is 0 Å². The maximum absolute atomic E-state index is 10.6. The molecule has 3 heteroatoms. The fraction of sp³-hybridized carbons (Fsp3) is 0.571. The highest BCUT2D eigenvalue weighted by molar-refractivity contribution is 14.1. The third kappa shape index (κ3) is 4.78. The Balaban J connectivity index is 3.46. The Hall–Kier alpha value is -0.0600. The molecule has 0 aliphatic carbocycles. The Bertz CT molecular complexity index is 123. The van der Waals surface area contributed by atoms with Gasteiger partial charge in [-0.3, -0.25) is 0 Å². The topological polar surface area (TPSA) is 26.3 Å². The zero-order chi connectivity index (χ0) is 7.98. The van der Waals surface area contributed by atoms with Crippen LogP contribution in [0.2, 0.25) is 0 Å². The maximum Gasteiger partial charge on any atom is 0.331 e. The molecule has 0 aromatic rings.